The summed E-state index contributed by atoms with van der Waals surface area (Å²) >= 11 is 1.27. The predicted molar refractivity (Wildman–Crippen MR) is 141 cm³/mol. The molecular formula is C28H31N3O4S. The maximum atomic E-state index is 13.9. The molecule has 0 radical (unpaired) electrons. The van der Waals surface area contributed by atoms with E-state index in [1.54, 1.807) is 11.8 Å². The van der Waals surface area contributed by atoms with E-state index in [0.717, 1.165) is 5.56 Å². The molecule has 8 heteroatoms. The Labute approximate surface area is 215 Å². The number of hydrogen-bond acceptors (Lipinski definition) is 7. The molecule has 0 fully saturated rings. The Hall–Kier alpha value is -3.49. The number of thiazole rings is 1. The summed E-state index contributed by atoms with van der Waals surface area (Å²) in [6.45, 7) is 6.58. The van der Waals surface area contributed by atoms with E-state index >= 15 is 0 Å². The van der Waals surface area contributed by atoms with Gasteiger partial charge in [0.25, 0.3) is 5.91 Å². The highest BCUT2D eigenvalue weighted by atomic mass is 32.1. The number of benzene rings is 2. The van der Waals surface area contributed by atoms with Crippen LogP contribution in [-0.2, 0) is 4.79 Å². The van der Waals surface area contributed by atoms with Gasteiger partial charge in [-0.15, -0.1) is 11.3 Å². The normalized spacial score (nSPS) is 15.9. The summed E-state index contributed by atoms with van der Waals surface area (Å²) in [7, 11) is 3.83. The lowest BCUT2D eigenvalue weighted by Crippen LogP contribution is -2.36. The van der Waals surface area contributed by atoms with Crippen molar-refractivity contribution in [3.63, 3.8) is 0 Å². The molecule has 0 saturated carbocycles. The summed E-state index contributed by atoms with van der Waals surface area (Å²) in [5.74, 6) is -0.801. The van der Waals surface area contributed by atoms with Gasteiger partial charge in [0, 0.05) is 18.7 Å². The van der Waals surface area contributed by atoms with Crippen LogP contribution in [0.5, 0.6) is 5.75 Å². The Bertz CT molecular complexity index is 1300. The summed E-state index contributed by atoms with van der Waals surface area (Å²) in [6.07, 6.45) is -0.0309. The Balaban J connectivity index is 1.78. The van der Waals surface area contributed by atoms with Gasteiger partial charge in [0.05, 0.1) is 28.3 Å². The van der Waals surface area contributed by atoms with Crippen molar-refractivity contribution < 1.29 is 19.4 Å². The first-order valence-corrected chi connectivity index (χ1v) is 12.7. The zero-order valence-electron chi connectivity index (χ0n) is 21.2. The zero-order chi connectivity index (χ0) is 26.0. The largest absolute Gasteiger partial charge is 0.503 e. The third kappa shape index (κ3) is 5.20. The summed E-state index contributed by atoms with van der Waals surface area (Å²) in [5, 5.41) is 11.7. The van der Waals surface area contributed by atoms with Gasteiger partial charge in [-0.25, -0.2) is 4.98 Å². The number of Topliss-reactive ketones (excluding diaryl/α,β-unsaturated/α-hetero) is 1. The average molecular weight is 506 g/mol. The molecule has 7 nitrogen and oxygen atoms in total. The fourth-order valence-corrected chi connectivity index (χ4v) is 5.26. The molecule has 3 aromatic rings. The van der Waals surface area contributed by atoms with Gasteiger partial charge in [0.15, 0.2) is 5.76 Å². The van der Waals surface area contributed by atoms with Crippen molar-refractivity contribution >= 4 is 23.0 Å². The molecule has 1 atom stereocenters. The van der Waals surface area contributed by atoms with Crippen LogP contribution in [0.15, 0.2) is 65.9 Å². The highest BCUT2D eigenvalue weighted by Gasteiger charge is 2.44. The van der Waals surface area contributed by atoms with E-state index < -0.39 is 17.7 Å². The number of ketones is 1. The lowest BCUT2D eigenvalue weighted by Gasteiger charge is -2.28. The van der Waals surface area contributed by atoms with Crippen molar-refractivity contribution in [1.29, 1.82) is 0 Å². The minimum absolute atomic E-state index is 0.0309. The molecule has 2 aromatic carbocycles. The first-order chi connectivity index (χ1) is 17.2. The Morgan fingerprint density at radius 3 is 2.56 bits per heavy atom. The van der Waals surface area contributed by atoms with Gasteiger partial charge in [-0.3, -0.25) is 9.59 Å². The van der Waals surface area contributed by atoms with Gasteiger partial charge in [0.1, 0.15) is 10.8 Å². The molecule has 1 aliphatic heterocycles. The summed E-state index contributed by atoms with van der Waals surface area (Å²) in [4.78, 5) is 35.7. The van der Waals surface area contributed by atoms with Crippen LogP contribution in [0, 0.1) is 6.92 Å². The number of hydrogen-bond donors (Lipinski definition) is 1. The molecule has 1 aromatic heterocycles. The minimum atomic E-state index is -0.734. The maximum Gasteiger partial charge on any atom is 0.290 e. The number of aryl methyl sites for hydroxylation is 1. The van der Waals surface area contributed by atoms with Gasteiger partial charge >= 0.3 is 0 Å². The fourth-order valence-electron chi connectivity index (χ4n) is 4.23. The molecular weight excluding hydrogens is 474 g/mol. The van der Waals surface area contributed by atoms with E-state index in [0.29, 0.717) is 40.0 Å². The van der Waals surface area contributed by atoms with E-state index in [9.17, 15) is 14.7 Å². The number of amides is 1. The smallest absolute Gasteiger partial charge is 0.290 e. The maximum absolute atomic E-state index is 13.9. The number of aromatic nitrogens is 1. The standard InChI is InChI=1S/C28H31N3O4S/c1-17(2)35-21-13-9-12-20(16-21)23-22(25(33)28(34)31(23)15-14-30(4)5)24(32)26-18(3)29-27(36-26)19-10-7-6-8-11-19/h6-13,16-17,23,33H,14-15H2,1-5H3. The van der Waals surface area contributed by atoms with Crippen LogP contribution in [0.2, 0.25) is 0 Å². The van der Waals surface area contributed by atoms with Crippen molar-refractivity contribution in [2.75, 3.05) is 27.2 Å². The van der Waals surface area contributed by atoms with Crippen LogP contribution >= 0.6 is 11.3 Å². The van der Waals surface area contributed by atoms with Gasteiger partial charge in [0.2, 0.25) is 5.78 Å². The van der Waals surface area contributed by atoms with E-state index in [1.165, 1.54) is 11.3 Å². The molecule has 36 heavy (non-hydrogen) atoms. The molecule has 1 N–H and O–H groups in total. The van der Waals surface area contributed by atoms with Crippen molar-refractivity contribution in [3.05, 3.63) is 82.1 Å². The van der Waals surface area contributed by atoms with Gasteiger partial charge in [-0.05, 0) is 52.6 Å². The van der Waals surface area contributed by atoms with E-state index in [-0.39, 0.29) is 17.5 Å². The van der Waals surface area contributed by atoms with Crippen molar-refractivity contribution in [2.45, 2.75) is 32.9 Å². The second-order valence-electron chi connectivity index (χ2n) is 9.33. The predicted octanol–water partition coefficient (Wildman–Crippen LogP) is 5.05. The van der Waals surface area contributed by atoms with Crippen LogP contribution in [0.1, 0.15) is 40.8 Å². The monoisotopic (exact) mass is 505 g/mol. The third-order valence-corrected chi connectivity index (χ3v) is 7.11. The average Bonchev–Trinajstić information content (AvgIpc) is 3.35. The number of carbonyl (C=O) groups is 2. The molecule has 188 valence electrons. The molecule has 0 aliphatic carbocycles. The van der Waals surface area contributed by atoms with Crippen LogP contribution in [-0.4, -0.2) is 64.9 Å². The molecule has 0 saturated heterocycles. The first kappa shape index (κ1) is 25.6. The van der Waals surface area contributed by atoms with E-state index in [2.05, 4.69) is 4.98 Å². The lowest BCUT2D eigenvalue weighted by atomic mass is 9.95. The first-order valence-electron chi connectivity index (χ1n) is 11.9. The number of rotatable bonds is 9. The Morgan fingerprint density at radius 2 is 1.89 bits per heavy atom. The number of carbonyl (C=O) groups excluding carboxylic acids is 2. The van der Waals surface area contributed by atoms with Crippen molar-refractivity contribution in [2.24, 2.45) is 0 Å². The molecule has 1 amide bonds. The van der Waals surface area contributed by atoms with Crippen LogP contribution < -0.4 is 4.74 Å². The second kappa shape index (κ2) is 10.6. The number of aliphatic hydroxyl groups excluding tert-OH is 1. The number of likely N-dealkylation sites (N-methyl/N-ethyl adjacent to an activating group) is 1. The van der Waals surface area contributed by atoms with E-state index in [1.807, 2.05) is 87.4 Å². The van der Waals surface area contributed by atoms with Crippen LogP contribution in [0.3, 0.4) is 0 Å². The summed E-state index contributed by atoms with van der Waals surface area (Å²) in [6, 6.07) is 16.3. The van der Waals surface area contributed by atoms with Gasteiger partial charge < -0.3 is 19.6 Å². The molecule has 0 spiro atoms. The van der Waals surface area contributed by atoms with Crippen LogP contribution in [0.4, 0.5) is 0 Å². The number of ether oxygens (including phenoxy) is 1. The van der Waals surface area contributed by atoms with Gasteiger partial charge in [-0.2, -0.15) is 0 Å². The molecule has 0 bridgehead atoms. The quantitative estimate of drug-likeness (QED) is 0.410. The molecule has 1 aliphatic rings. The van der Waals surface area contributed by atoms with Crippen molar-refractivity contribution in [1.82, 2.24) is 14.8 Å². The summed E-state index contributed by atoms with van der Waals surface area (Å²) < 4.78 is 5.87. The summed E-state index contributed by atoms with van der Waals surface area (Å²) in [5.41, 5.74) is 2.26. The highest BCUT2D eigenvalue weighted by molar-refractivity contribution is 7.17. The van der Waals surface area contributed by atoms with Crippen LogP contribution in [0.25, 0.3) is 10.6 Å². The number of aliphatic hydroxyl groups is 1. The topological polar surface area (TPSA) is 83.0 Å². The van der Waals surface area contributed by atoms with Gasteiger partial charge in [-0.1, -0.05) is 42.5 Å². The lowest BCUT2D eigenvalue weighted by molar-refractivity contribution is -0.129. The minimum Gasteiger partial charge on any atom is -0.503 e. The second-order valence-corrected chi connectivity index (χ2v) is 10.3. The zero-order valence-corrected chi connectivity index (χ0v) is 22.0. The highest BCUT2D eigenvalue weighted by Crippen LogP contribution is 2.41. The number of nitrogens with zero attached hydrogens (tertiary/aromatic N) is 3. The Kier molecular flexibility index (Phi) is 7.56. The molecule has 4 rings (SSSR count). The fraction of sp³-hybridized carbons (Fsp3) is 0.321. The molecule has 2 heterocycles. The van der Waals surface area contributed by atoms with E-state index in [4.69, 9.17) is 4.74 Å². The Morgan fingerprint density at radius 1 is 1.17 bits per heavy atom. The third-order valence-electron chi connectivity index (χ3n) is 5.91. The molecule has 1 unspecified atom stereocenters. The SMILES string of the molecule is Cc1nc(-c2ccccc2)sc1C(=O)C1=C(O)C(=O)N(CCN(C)C)C1c1cccc(OC(C)C)c1. The van der Waals surface area contributed by atoms with Crippen molar-refractivity contribution in [3.8, 4) is 16.3 Å².